The molecule has 1 saturated heterocycles. The van der Waals surface area contributed by atoms with Crippen LogP contribution in [0.5, 0.6) is 0 Å². The van der Waals surface area contributed by atoms with Crippen LogP contribution in [-0.2, 0) is 27.3 Å². The molecule has 0 radical (unpaired) electrons. The fraction of sp³-hybridized carbons (Fsp3) is 0.600. The molecule has 2 N–H and O–H groups in total. The second-order valence-electron chi connectivity index (χ2n) is 10.6. The Kier molecular flexibility index (Phi) is 6.37. The Hall–Kier alpha value is -2.45. The van der Waals surface area contributed by atoms with E-state index in [1.807, 2.05) is 16.9 Å². The van der Waals surface area contributed by atoms with E-state index in [1.165, 1.54) is 0 Å². The maximum absolute atomic E-state index is 13.1. The summed E-state index contributed by atoms with van der Waals surface area (Å²) in [6.07, 6.45) is 8.89. The molecule has 2 amide bonds. The molecule has 34 heavy (non-hydrogen) atoms. The van der Waals surface area contributed by atoms with Crippen LogP contribution < -0.4 is 10.6 Å². The third-order valence-electron chi connectivity index (χ3n) is 7.18. The molecule has 0 spiro atoms. The first-order valence-corrected chi connectivity index (χ1v) is 12.6. The average Bonchev–Trinajstić information content (AvgIpc) is 3.52. The number of anilines is 1. The molecule has 9 heteroatoms. The molecule has 3 atom stereocenters. The summed E-state index contributed by atoms with van der Waals surface area (Å²) in [7, 11) is 0. The third kappa shape index (κ3) is 4.84. The van der Waals surface area contributed by atoms with E-state index in [1.54, 1.807) is 6.20 Å². The van der Waals surface area contributed by atoms with Gasteiger partial charge >= 0.3 is 0 Å². The number of pyridine rings is 1. The third-order valence-corrected chi connectivity index (χ3v) is 7.48. The van der Waals surface area contributed by atoms with Crippen molar-refractivity contribution in [2.75, 3.05) is 11.9 Å². The first kappa shape index (κ1) is 23.3. The lowest BCUT2D eigenvalue weighted by atomic mass is 9.85. The van der Waals surface area contributed by atoms with Crippen molar-refractivity contribution in [3.8, 4) is 11.1 Å². The number of nitrogens with zero attached hydrogens (tertiary/aromatic N) is 3. The minimum absolute atomic E-state index is 0.00621. The van der Waals surface area contributed by atoms with E-state index in [-0.39, 0.29) is 35.3 Å². The Morgan fingerprint density at radius 1 is 1.15 bits per heavy atom. The number of rotatable bonds is 5. The quantitative estimate of drug-likeness (QED) is 0.667. The number of halogens is 1. The van der Waals surface area contributed by atoms with Gasteiger partial charge in [0.25, 0.3) is 0 Å². The summed E-state index contributed by atoms with van der Waals surface area (Å²) in [6, 6.07) is 1.83. The minimum Gasteiger partial charge on any atom is -0.368 e. The molecule has 2 aliphatic heterocycles. The second kappa shape index (κ2) is 9.30. The van der Waals surface area contributed by atoms with Crippen molar-refractivity contribution in [2.45, 2.75) is 77.5 Å². The molecule has 0 aromatic carbocycles. The van der Waals surface area contributed by atoms with Crippen LogP contribution in [0.4, 0.5) is 5.82 Å². The van der Waals surface area contributed by atoms with Crippen molar-refractivity contribution in [1.82, 2.24) is 20.1 Å². The van der Waals surface area contributed by atoms with Gasteiger partial charge in [-0.2, -0.15) is 5.10 Å². The van der Waals surface area contributed by atoms with Gasteiger partial charge in [-0.25, -0.2) is 4.98 Å². The van der Waals surface area contributed by atoms with Crippen LogP contribution in [0.15, 0.2) is 18.5 Å². The second-order valence-corrected chi connectivity index (χ2v) is 11.0. The maximum atomic E-state index is 13.1. The van der Waals surface area contributed by atoms with Crippen molar-refractivity contribution in [1.29, 1.82) is 0 Å². The standard InChI is InChI=1S/C25H32ClN5O3/c1-25(2)11-20-18(12-28-31(20)14-25)17-10-22(27-13-19(17)26)30-23(32)15-5-3-6-16(9-15)29-24(33)21-7-4-8-34-21/h10,12-13,15-16,21H,3-9,11,14H2,1-2H3,(H,29,33)(H,27,30,32)/t15-,16+,21+/m0/s1. The molecule has 0 bridgehead atoms. The van der Waals surface area contributed by atoms with E-state index in [2.05, 4.69) is 34.6 Å². The molecule has 182 valence electrons. The summed E-state index contributed by atoms with van der Waals surface area (Å²) in [6.45, 7) is 5.97. The molecule has 5 rings (SSSR count). The molecule has 4 heterocycles. The Morgan fingerprint density at radius 3 is 2.79 bits per heavy atom. The fourth-order valence-corrected chi connectivity index (χ4v) is 5.66. The van der Waals surface area contributed by atoms with E-state index in [0.29, 0.717) is 23.9 Å². The molecule has 1 aliphatic carbocycles. The summed E-state index contributed by atoms with van der Waals surface area (Å²) >= 11 is 6.50. The number of ether oxygens (including phenoxy) is 1. The van der Waals surface area contributed by atoms with Gasteiger partial charge in [0.2, 0.25) is 11.8 Å². The molecule has 2 fully saturated rings. The predicted octanol–water partition coefficient (Wildman–Crippen LogP) is 3.97. The van der Waals surface area contributed by atoms with E-state index in [9.17, 15) is 9.59 Å². The van der Waals surface area contributed by atoms with Gasteiger partial charge in [0, 0.05) is 48.1 Å². The monoisotopic (exact) mass is 485 g/mol. The van der Waals surface area contributed by atoms with E-state index >= 15 is 0 Å². The number of amides is 2. The topological polar surface area (TPSA) is 98.1 Å². The van der Waals surface area contributed by atoms with Crippen LogP contribution >= 0.6 is 11.6 Å². The van der Waals surface area contributed by atoms with E-state index < -0.39 is 0 Å². The molecule has 8 nitrogen and oxygen atoms in total. The molecule has 1 saturated carbocycles. The normalized spacial score (nSPS) is 25.7. The molecule has 0 unspecified atom stereocenters. The van der Waals surface area contributed by atoms with Crippen LogP contribution in [0.3, 0.4) is 0 Å². The molecular formula is C25H32ClN5O3. The number of hydrogen-bond donors (Lipinski definition) is 2. The highest BCUT2D eigenvalue weighted by Crippen LogP contribution is 2.39. The van der Waals surface area contributed by atoms with Crippen LogP contribution in [0, 0.1) is 11.3 Å². The van der Waals surface area contributed by atoms with Crippen LogP contribution in [0.2, 0.25) is 5.02 Å². The maximum Gasteiger partial charge on any atom is 0.249 e. The number of fused-ring (bicyclic) bond motifs is 1. The number of hydrogen-bond acceptors (Lipinski definition) is 5. The highest BCUT2D eigenvalue weighted by atomic mass is 35.5. The van der Waals surface area contributed by atoms with Crippen molar-refractivity contribution >= 4 is 29.2 Å². The Balaban J connectivity index is 1.25. The van der Waals surface area contributed by atoms with Gasteiger partial charge in [-0.15, -0.1) is 0 Å². The Bertz CT molecular complexity index is 1090. The van der Waals surface area contributed by atoms with Gasteiger partial charge < -0.3 is 15.4 Å². The number of carbonyl (C=O) groups is 2. The van der Waals surface area contributed by atoms with Crippen molar-refractivity contribution in [2.24, 2.45) is 11.3 Å². The predicted molar refractivity (Wildman–Crippen MR) is 129 cm³/mol. The van der Waals surface area contributed by atoms with Gasteiger partial charge in [-0.3, -0.25) is 14.3 Å². The van der Waals surface area contributed by atoms with E-state index in [0.717, 1.165) is 61.9 Å². The minimum atomic E-state index is -0.346. The average molecular weight is 486 g/mol. The summed E-state index contributed by atoms with van der Waals surface area (Å²) in [5, 5.41) is 11.1. The van der Waals surface area contributed by atoms with Crippen LogP contribution in [-0.4, -0.2) is 45.3 Å². The lowest BCUT2D eigenvalue weighted by Gasteiger charge is -2.29. The molecule has 2 aromatic rings. The van der Waals surface area contributed by atoms with Crippen LogP contribution in [0.25, 0.3) is 11.1 Å². The SMILES string of the molecule is CC1(C)Cc2c(-c3cc(NC(=O)[C@H]4CCC[C@@H](NC(=O)[C@H]5CCCO5)C4)ncc3Cl)cnn2C1. The molecular weight excluding hydrogens is 454 g/mol. The van der Waals surface area contributed by atoms with Crippen molar-refractivity contribution in [3.63, 3.8) is 0 Å². The summed E-state index contributed by atoms with van der Waals surface area (Å²) in [5.41, 5.74) is 3.14. The van der Waals surface area contributed by atoms with E-state index in [4.69, 9.17) is 16.3 Å². The van der Waals surface area contributed by atoms with Gasteiger partial charge in [-0.05, 0) is 50.0 Å². The lowest BCUT2D eigenvalue weighted by molar-refractivity contribution is -0.131. The smallest absolute Gasteiger partial charge is 0.249 e. The van der Waals surface area contributed by atoms with Crippen molar-refractivity contribution < 1.29 is 14.3 Å². The first-order chi connectivity index (χ1) is 16.3. The number of nitrogens with one attached hydrogen (secondary N) is 2. The zero-order valence-corrected chi connectivity index (χ0v) is 20.5. The summed E-state index contributed by atoms with van der Waals surface area (Å²) < 4.78 is 7.52. The zero-order valence-electron chi connectivity index (χ0n) is 19.8. The summed E-state index contributed by atoms with van der Waals surface area (Å²) in [5.74, 6) is 0.181. The largest absolute Gasteiger partial charge is 0.368 e. The Morgan fingerprint density at radius 2 is 2.00 bits per heavy atom. The Labute approximate surface area is 204 Å². The lowest BCUT2D eigenvalue weighted by Crippen LogP contribution is -2.44. The number of carbonyl (C=O) groups excluding carboxylic acids is 2. The fourth-order valence-electron chi connectivity index (χ4n) is 5.45. The van der Waals surface area contributed by atoms with Gasteiger partial charge in [0.1, 0.15) is 11.9 Å². The van der Waals surface area contributed by atoms with Gasteiger partial charge in [0.05, 0.1) is 11.2 Å². The molecule has 2 aromatic heterocycles. The first-order valence-electron chi connectivity index (χ1n) is 12.2. The highest BCUT2D eigenvalue weighted by Gasteiger charge is 2.33. The zero-order chi connectivity index (χ0) is 23.9. The number of aromatic nitrogens is 3. The van der Waals surface area contributed by atoms with Gasteiger partial charge in [0.15, 0.2) is 0 Å². The summed E-state index contributed by atoms with van der Waals surface area (Å²) in [4.78, 5) is 29.8. The van der Waals surface area contributed by atoms with Crippen molar-refractivity contribution in [3.05, 3.63) is 29.2 Å². The highest BCUT2D eigenvalue weighted by molar-refractivity contribution is 6.33. The molecule has 3 aliphatic rings. The van der Waals surface area contributed by atoms with Gasteiger partial charge in [-0.1, -0.05) is 31.9 Å². The van der Waals surface area contributed by atoms with Crippen LogP contribution in [0.1, 0.15) is 58.1 Å².